The summed E-state index contributed by atoms with van der Waals surface area (Å²) in [6.45, 7) is 9.96. The maximum absolute atomic E-state index is 6.05. The van der Waals surface area contributed by atoms with Crippen molar-refractivity contribution in [1.29, 1.82) is 0 Å². The number of fused-ring (bicyclic) bond motifs is 1. The third kappa shape index (κ3) is 3.10. The maximum atomic E-state index is 6.05. The molecule has 4 aromatic rings. The number of benzene rings is 1. The van der Waals surface area contributed by atoms with Crippen molar-refractivity contribution in [3.63, 3.8) is 0 Å². The summed E-state index contributed by atoms with van der Waals surface area (Å²) in [6, 6.07) is 12.2. The SMILES string of the molecule is Cc1cc2c(-c3ccccc3OC(C)C)nc(-c3c(C)noc3C)cc2[nH]1. The van der Waals surface area contributed by atoms with E-state index in [4.69, 9.17) is 14.2 Å². The summed E-state index contributed by atoms with van der Waals surface area (Å²) < 4.78 is 11.4. The number of aromatic nitrogens is 3. The molecule has 0 radical (unpaired) electrons. The van der Waals surface area contributed by atoms with Crippen LogP contribution in [-0.2, 0) is 0 Å². The van der Waals surface area contributed by atoms with Crippen LogP contribution < -0.4 is 4.74 Å². The van der Waals surface area contributed by atoms with Gasteiger partial charge in [-0.15, -0.1) is 0 Å². The highest BCUT2D eigenvalue weighted by Gasteiger charge is 2.19. The molecular weight excluding hydrogens is 338 g/mol. The third-order valence-corrected chi connectivity index (χ3v) is 4.55. The monoisotopic (exact) mass is 361 g/mol. The molecule has 0 spiro atoms. The van der Waals surface area contributed by atoms with Gasteiger partial charge >= 0.3 is 0 Å². The number of nitrogens with zero attached hydrogens (tertiary/aromatic N) is 2. The Morgan fingerprint density at radius 2 is 1.85 bits per heavy atom. The number of H-pyrrole nitrogens is 1. The molecule has 4 rings (SSSR count). The molecular formula is C22H23N3O2. The first-order valence-corrected chi connectivity index (χ1v) is 9.13. The van der Waals surface area contributed by atoms with Crippen LogP contribution in [0.25, 0.3) is 33.4 Å². The fourth-order valence-electron chi connectivity index (χ4n) is 3.47. The predicted molar refractivity (Wildman–Crippen MR) is 107 cm³/mol. The second kappa shape index (κ2) is 6.58. The Balaban J connectivity index is 2.01. The van der Waals surface area contributed by atoms with E-state index in [0.717, 1.165) is 56.3 Å². The van der Waals surface area contributed by atoms with Crippen molar-refractivity contribution in [3.05, 3.63) is 53.5 Å². The Labute approximate surface area is 158 Å². The Morgan fingerprint density at radius 1 is 1.07 bits per heavy atom. The molecule has 0 aliphatic heterocycles. The van der Waals surface area contributed by atoms with E-state index in [2.05, 4.69) is 35.3 Å². The molecule has 0 aliphatic rings. The number of pyridine rings is 1. The maximum Gasteiger partial charge on any atom is 0.143 e. The van der Waals surface area contributed by atoms with Crippen LogP contribution in [0, 0.1) is 20.8 Å². The first kappa shape index (κ1) is 17.3. The van der Waals surface area contributed by atoms with Gasteiger partial charge in [0.15, 0.2) is 0 Å². The van der Waals surface area contributed by atoms with Gasteiger partial charge in [0.1, 0.15) is 11.5 Å². The fraction of sp³-hybridized carbons (Fsp3) is 0.273. The molecule has 0 unspecified atom stereocenters. The lowest BCUT2D eigenvalue weighted by molar-refractivity contribution is 0.243. The highest BCUT2D eigenvalue weighted by atomic mass is 16.5. The van der Waals surface area contributed by atoms with E-state index in [0.29, 0.717) is 0 Å². The van der Waals surface area contributed by atoms with Crippen LogP contribution in [-0.4, -0.2) is 21.2 Å². The summed E-state index contributed by atoms with van der Waals surface area (Å²) in [5, 5.41) is 5.16. The Bertz CT molecular complexity index is 1100. The van der Waals surface area contributed by atoms with Gasteiger partial charge < -0.3 is 14.2 Å². The van der Waals surface area contributed by atoms with Gasteiger partial charge in [-0.1, -0.05) is 17.3 Å². The molecule has 1 N–H and O–H groups in total. The van der Waals surface area contributed by atoms with Gasteiger partial charge in [-0.05, 0) is 58.9 Å². The fourth-order valence-corrected chi connectivity index (χ4v) is 3.47. The predicted octanol–water partition coefficient (Wildman–Crippen LogP) is 5.60. The highest BCUT2D eigenvalue weighted by Crippen LogP contribution is 2.37. The average Bonchev–Trinajstić information content (AvgIpc) is 3.15. The standard InChI is InChI=1S/C22H23N3O2/c1-12(2)26-20-9-7-6-8-16(20)22-17-10-13(3)23-18(17)11-19(24-22)21-14(4)25-27-15(21)5/h6-12,23H,1-5H3. The summed E-state index contributed by atoms with van der Waals surface area (Å²) >= 11 is 0. The quantitative estimate of drug-likeness (QED) is 0.514. The van der Waals surface area contributed by atoms with Gasteiger partial charge in [0.2, 0.25) is 0 Å². The van der Waals surface area contributed by atoms with Crippen molar-refractivity contribution < 1.29 is 9.26 Å². The second-order valence-electron chi connectivity index (χ2n) is 7.13. The first-order chi connectivity index (χ1) is 12.9. The first-order valence-electron chi connectivity index (χ1n) is 9.13. The molecule has 3 aromatic heterocycles. The molecule has 5 heteroatoms. The summed E-state index contributed by atoms with van der Waals surface area (Å²) in [6.07, 6.45) is 0.0837. The number of hydrogen-bond donors (Lipinski definition) is 1. The van der Waals surface area contributed by atoms with Crippen molar-refractivity contribution in [3.8, 4) is 28.3 Å². The average molecular weight is 361 g/mol. The van der Waals surface area contributed by atoms with E-state index >= 15 is 0 Å². The van der Waals surface area contributed by atoms with Crippen molar-refractivity contribution in [2.24, 2.45) is 0 Å². The van der Waals surface area contributed by atoms with Crippen LogP contribution in [0.2, 0.25) is 0 Å². The van der Waals surface area contributed by atoms with Crippen molar-refractivity contribution in [1.82, 2.24) is 15.1 Å². The number of aryl methyl sites for hydroxylation is 3. The van der Waals surface area contributed by atoms with E-state index in [1.54, 1.807) is 0 Å². The zero-order valence-electron chi connectivity index (χ0n) is 16.3. The van der Waals surface area contributed by atoms with E-state index in [9.17, 15) is 0 Å². The van der Waals surface area contributed by atoms with Gasteiger partial charge in [-0.3, -0.25) is 0 Å². The number of aromatic amines is 1. The van der Waals surface area contributed by atoms with Gasteiger partial charge in [0.05, 0.1) is 28.7 Å². The molecule has 0 bridgehead atoms. The smallest absolute Gasteiger partial charge is 0.143 e. The minimum absolute atomic E-state index is 0.0837. The van der Waals surface area contributed by atoms with E-state index < -0.39 is 0 Å². The lowest BCUT2D eigenvalue weighted by Gasteiger charge is -2.15. The molecule has 0 saturated heterocycles. The largest absolute Gasteiger partial charge is 0.490 e. The third-order valence-electron chi connectivity index (χ3n) is 4.55. The van der Waals surface area contributed by atoms with Crippen molar-refractivity contribution >= 4 is 10.9 Å². The van der Waals surface area contributed by atoms with Crippen LogP contribution in [0.15, 0.2) is 40.9 Å². The summed E-state index contributed by atoms with van der Waals surface area (Å²) in [5.41, 5.74) is 6.60. The Hall–Kier alpha value is -3.08. The Kier molecular flexibility index (Phi) is 4.22. The van der Waals surface area contributed by atoms with Crippen molar-refractivity contribution in [2.45, 2.75) is 40.7 Å². The van der Waals surface area contributed by atoms with E-state index in [-0.39, 0.29) is 6.10 Å². The van der Waals surface area contributed by atoms with Crippen LogP contribution >= 0.6 is 0 Å². The number of hydrogen-bond acceptors (Lipinski definition) is 4. The van der Waals surface area contributed by atoms with Crippen molar-refractivity contribution in [2.75, 3.05) is 0 Å². The lowest BCUT2D eigenvalue weighted by Crippen LogP contribution is -2.06. The summed E-state index contributed by atoms with van der Waals surface area (Å²) in [4.78, 5) is 8.45. The summed E-state index contributed by atoms with van der Waals surface area (Å²) in [7, 11) is 0. The normalized spacial score (nSPS) is 11.5. The molecule has 0 atom stereocenters. The van der Waals surface area contributed by atoms with Gasteiger partial charge in [-0.25, -0.2) is 4.98 Å². The van der Waals surface area contributed by atoms with E-state index in [1.165, 1.54) is 0 Å². The molecule has 1 aromatic carbocycles. The molecule has 27 heavy (non-hydrogen) atoms. The number of para-hydroxylation sites is 1. The molecule has 0 fully saturated rings. The zero-order chi connectivity index (χ0) is 19.1. The molecule has 0 saturated carbocycles. The van der Waals surface area contributed by atoms with Crippen LogP contribution in [0.3, 0.4) is 0 Å². The number of ether oxygens (including phenoxy) is 1. The topological polar surface area (TPSA) is 63.9 Å². The minimum Gasteiger partial charge on any atom is -0.490 e. The van der Waals surface area contributed by atoms with Gasteiger partial charge in [0.25, 0.3) is 0 Å². The van der Waals surface area contributed by atoms with E-state index in [1.807, 2.05) is 45.9 Å². The Morgan fingerprint density at radius 3 is 2.56 bits per heavy atom. The zero-order valence-corrected chi connectivity index (χ0v) is 16.3. The molecule has 138 valence electrons. The molecule has 0 amide bonds. The number of nitrogens with one attached hydrogen (secondary N) is 1. The molecule has 5 nitrogen and oxygen atoms in total. The lowest BCUT2D eigenvalue weighted by atomic mass is 10.0. The summed E-state index contributed by atoms with van der Waals surface area (Å²) in [5.74, 6) is 1.59. The minimum atomic E-state index is 0.0837. The molecule has 3 heterocycles. The van der Waals surface area contributed by atoms with Crippen LogP contribution in [0.5, 0.6) is 5.75 Å². The number of rotatable bonds is 4. The van der Waals surface area contributed by atoms with Gasteiger partial charge in [0, 0.05) is 22.2 Å². The van der Waals surface area contributed by atoms with Crippen LogP contribution in [0.4, 0.5) is 0 Å². The highest BCUT2D eigenvalue weighted by molar-refractivity contribution is 5.97. The molecule has 0 aliphatic carbocycles. The second-order valence-corrected chi connectivity index (χ2v) is 7.13. The van der Waals surface area contributed by atoms with Gasteiger partial charge in [-0.2, -0.15) is 0 Å². The van der Waals surface area contributed by atoms with Crippen LogP contribution in [0.1, 0.15) is 31.0 Å².